The highest BCUT2D eigenvalue weighted by Crippen LogP contribution is 2.28. The van der Waals surface area contributed by atoms with Crippen LogP contribution in [-0.4, -0.2) is 47.7 Å². The highest BCUT2D eigenvalue weighted by Gasteiger charge is 2.33. The third-order valence-corrected chi connectivity index (χ3v) is 6.12. The summed E-state index contributed by atoms with van der Waals surface area (Å²) >= 11 is 0. The Labute approximate surface area is 203 Å². The zero-order valence-electron chi connectivity index (χ0n) is 20.7. The first-order chi connectivity index (χ1) is 16.3. The number of aliphatic hydroxyl groups excluding tert-OH is 1. The monoisotopic (exact) mass is 472 g/mol. The standard InChI is InChI=1S/C27H40N2O5/c1-4-34-27(33)25(31)22(18-21-13-9-6-10-14-21)29-26(32)23(17-19(2)3)28-24(30)16-15-20-11-7-5-8-12-20/h5,7-8,11-12,15-16,19,21-23,25,31H,4,6,9-10,13-14,17-18H2,1-3H3,(H,28,30)(H,29,32)/b16-15+/t22-,23-,25+/m0/s1. The van der Waals surface area contributed by atoms with Crippen molar-refractivity contribution in [3.05, 3.63) is 42.0 Å². The van der Waals surface area contributed by atoms with Crippen molar-refractivity contribution < 1.29 is 24.2 Å². The average Bonchev–Trinajstić information content (AvgIpc) is 2.82. The van der Waals surface area contributed by atoms with E-state index in [1.807, 2.05) is 44.2 Å². The largest absolute Gasteiger partial charge is 0.464 e. The Morgan fingerprint density at radius 1 is 1.09 bits per heavy atom. The Balaban J connectivity index is 2.09. The van der Waals surface area contributed by atoms with Gasteiger partial charge in [0.05, 0.1) is 12.6 Å². The molecule has 0 bridgehead atoms. The van der Waals surface area contributed by atoms with E-state index in [9.17, 15) is 19.5 Å². The maximum Gasteiger partial charge on any atom is 0.337 e. The molecule has 3 N–H and O–H groups in total. The van der Waals surface area contributed by atoms with Gasteiger partial charge in [0.2, 0.25) is 11.8 Å². The zero-order valence-corrected chi connectivity index (χ0v) is 20.7. The third-order valence-electron chi connectivity index (χ3n) is 6.12. The number of rotatable bonds is 12. The number of esters is 1. The van der Waals surface area contributed by atoms with Crippen molar-refractivity contribution in [3.8, 4) is 0 Å². The Hall–Kier alpha value is -2.67. The lowest BCUT2D eigenvalue weighted by Crippen LogP contribution is -2.55. The Bertz CT molecular complexity index is 802. The van der Waals surface area contributed by atoms with Gasteiger partial charge in [0.1, 0.15) is 6.04 Å². The first-order valence-corrected chi connectivity index (χ1v) is 12.5. The first-order valence-electron chi connectivity index (χ1n) is 12.5. The highest BCUT2D eigenvalue weighted by molar-refractivity contribution is 5.95. The van der Waals surface area contributed by atoms with Gasteiger partial charge in [-0.15, -0.1) is 0 Å². The zero-order chi connectivity index (χ0) is 24.9. The average molecular weight is 473 g/mol. The lowest BCUT2D eigenvalue weighted by molar-refractivity contribution is -0.155. The van der Waals surface area contributed by atoms with E-state index in [-0.39, 0.29) is 18.4 Å². The lowest BCUT2D eigenvalue weighted by atomic mass is 9.83. The second-order valence-electron chi connectivity index (χ2n) is 9.49. The van der Waals surface area contributed by atoms with E-state index in [0.717, 1.165) is 31.2 Å². The van der Waals surface area contributed by atoms with E-state index in [2.05, 4.69) is 10.6 Å². The van der Waals surface area contributed by atoms with E-state index >= 15 is 0 Å². The van der Waals surface area contributed by atoms with Crippen LogP contribution < -0.4 is 10.6 Å². The van der Waals surface area contributed by atoms with Crippen molar-refractivity contribution in [2.24, 2.45) is 11.8 Å². The molecule has 0 saturated heterocycles. The fourth-order valence-corrected chi connectivity index (χ4v) is 4.38. The highest BCUT2D eigenvalue weighted by atomic mass is 16.5. The summed E-state index contributed by atoms with van der Waals surface area (Å²) in [5.74, 6) is -1.03. The summed E-state index contributed by atoms with van der Waals surface area (Å²) in [5.41, 5.74) is 0.882. The second-order valence-corrected chi connectivity index (χ2v) is 9.49. The lowest BCUT2D eigenvalue weighted by Gasteiger charge is -2.30. The Morgan fingerprint density at radius 3 is 2.38 bits per heavy atom. The molecule has 1 aromatic rings. The predicted octanol–water partition coefficient (Wildman–Crippen LogP) is 3.61. The van der Waals surface area contributed by atoms with Crippen molar-refractivity contribution in [2.45, 2.75) is 83.9 Å². The third kappa shape index (κ3) is 9.67. The number of benzene rings is 1. The number of nitrogens with one attached hydrogen (secondary N) is 2. The molecule has 0 heterocycles. The van der Waals surface area contributed by atoms with Crippen molar-refractivity contribution >= 4 is 23.9 Å². The van der Waals surface area contributed by atoms with E-state index in [1.54, 1.807) is 13.0 Å². The number of amides is 2. The van der Waals surface area contributed by atoms with E-state index in [1.165, 1.54) is 12.5 Å². The maximum absolute atomic E-state index is 13.2. The van der Waals surface area contributed by atoms with Crippen molar-refractivity contribution in [1.82, 2.24) is 10.6 Å². The van der Waals surface area contributed by atoms with Gasteiger partial charge in [-0.1, -0.05) is 76.3 Å². The minimum absolute atomic E-state index is 0.153. The van der Waals surface area contributed by atoms with Gasteiger partial charge in [0.15, 0.2) is 6.10 Å². The molecule has 1 saturated carbocycles. The quantitative estimate of drug-likeness (QED) is 0.318. The summed E-state index contributed by atoms with van der Waals surface area (Å²) in [6.07, 6.45) is 8.02. The summed E-state index contributed by atoms with van der Waals surface area (Å²) in [7, 11) is 0. The second kappa shape index (κ2) is 14.6. The SMILES string of the molecule is CCOC(=O)[C@H](O)[C@H](CC1CCCCC1)NC(=O)[C@H](CC(C)C)NC(=O)/C=C/c1ccccc1. The molecule has 0 aliphatic heterocycles. The van der Waals surface area contributed by atoms with Crippen LogP contribution >= 0.6 is 0 Å². The molecule has 2 amide bonds. The molecule has 7 nitrogen and oxygen atoms in total. The van der Waals surface area contributed by atoms with Gasteiger partial charge in [0, 0.05) is 6.08 Å². The van der Waals surface area contributed by atoms with Gasteiger partial charge in [-0.25, -0.2) is 4.79 Å². The predicted molar refractivity (Wildman–Crippen MR) is 133 cm³/mol. The number of carbonyl (C=O) groups excluding carboxylic acids is 3. The van der Waals surface area contributed by atoms with Crippen LogP contribution in [0.15, 0.2) is 36.4 Å². The molecule has 2 rings (SSSR count). The number of aliphatic hydroxyl groups is 1. The van der Waals surface area contributed by atoms with Crippen LogP contribution in [0.4, 0.5) is 0 Å². The van der Waals surface area contributed by atoms with Crippen LogP contribution in [0.1, 0.15) is 71.3 Å². The minimum Gasteiger partial charge on any atom is -0.464 e. The molecule has 1 aromatic carbocycles. The van der Waals surface area contributed by atoms with E-state index in [0.29, 0.717) is 18.8 Å². The summed E-state index contributed by atoms with van der Waals surface area (Å²) < 4.78 is 5.00. The van der Waals surface area contributed by atoms with Gasteiger partial charge >= 0.3 is 5.97 Å². The summed E-state index contributed by atoms with van der Waals surface area (Å²) in [6, 6.07) is 7.89. The van der Waals surface area contributed by atoms with Crippen LogP contribution in [0.5, 0.6) is 0 Å². The van der Waals surface area contributed by atoms with Crippen LogP contribution in [0.2, 0.25) is 0 Å². The van der Waals surface area contributed by atoms with Gasteiger partial charge in [-0.05, 0) is 43.2 Å². The van der Waals surface area contributed by atoms with Crippen LogP contribution in [0.25, 0.3) is 6.08 Å². The molecule has 7 heteroatoms. The molecule has 1 aliphatic carbocycles. The molecule has 0 spiro atoms. The first kappa shape index (κ1) is 27.6. The topological polar surface area (TPSA) is 105 Å². The number of hydrogen-bond donors (Lipinski definition) is 3. The van der Waals surface area contributed by atoms with Crippen LogP contribution in [-0.2, 0) is 19.1 Å². The molecule has 0 unspecified atom stereocenters. The molecule has 188 valence electrons. The molecule has 1 aliphatic rings. The van der Waals surface area contributed by atoms with Gasteiger partial charge < -0.3 is 20.5 Å². The molecule has 0 aromatic heterocycles. The molecule has 1 fully saturated rings. The van der Waals surface area contributed by atoms with Crippen molar-refractivity contribution in [1.29, 1.82) is 0 Å². The summed E-state index contributed by atoms with van der Waals surface area (Å²) in [4.78, 5) is 38.0. The van der Waals surface area contributed by atoms with Gasteiger partial charge in [-0.3, -0.25) is 9.59 Å². The van der Waals surface area contributed by atoms with Crippen molar-refractivity contribution in [3.63, 3.8) is 0 Å². The number of ether oxygens (including phenoxy) is 1. The molecular weight excluding hydrogens is 432 g/mol. The molecular formula is C27H40N2O5. The molecule has 3 atom stereocenters. The number of carbonyl (C=O) groups is 3. The normalized spacial score (nSPS) is 17.2. The van der Waals surface area contributed by atoms with Crippen LogP contribution in [0, 0.1) is 11.8 Å². The smallest absolute Gasteiger partial charge is 0.337 e. The van der Waals surface area contributed by atoms with E-state index < -0.39 is 30.1 Å². The maximum atomic E-state index is 13.2. The van der Waals surface area contributed by atoms with E-state index in [4.69, 9.17) is 4.74 Å². The molecule has 34 heavy (non-hydrogen) atoms. The van der Waals surface area contributed by atoms with Crippen LogP contribution in [0.3, 0.4) is 0 Å². The van der Waals surface area contributed by atoms with Gasteiger partial charge in [0.25, 0.3) is 0 Å². The fraction of sp³-hybridized carbons (Fsp3) is 0.593. The Morgan fingerprint density at radius 2 is 1.76 bits per heavy atom. The van der Waals surface area contributed by atoms with Crippen molar-refractivity contribution in [2.75, 3.05) is 6.61 Å². The number of hydrogen-bond acceptors (Lipinski definition) is 5. The van der Waals surface area contributed by atoms with Gasteiger partial charge in [-0.2, -0.15) is 0 Å². The molecule has 0 radical (unpaired) electrons. The Kier molecular flexibility index (Phi) is 11.8. The minimum atomic E-state index is -1.45. The summed E-state index contributed by atoms with van der Waals surface area (Å²) in [6.45, 7) is 5.77. The summed E-state index contributed by atoms with van der Waals surface area (Å²) in [5, 5.41) is 16.3. The fourth-order valence-electron chi connectivity index (χ4n) is 4.38.